The molecule has 92 valence electrons. The van der Waals surface area contributed by atoms with Crippen molar-refractivity contribution < 1.29 is 15.0 Å². The molecule has 0 aliphatic carbocycles. The zero-order valence-electron chi connectivity index (χ0n) is 9.71. The number of anilines is 1. The summed E-state index contributed by atoms with van der Waals surface area (Å²) >= 11 is 0. The molecule has 0 unspecified atom stereocenters. The van der Waals surface area contributed by atoms with Gasteiger partial charge < -0.3 is 15.5 Å². The van der Waals surface area contributed by atoms with Crippen molar-refractivity contribution in [1.82, 2.24) is 4.98 Å². The van der Waals surface area contributed by atoms with E-state index in [4.69, 9.17) is 0 Å². The standard InChI is InChI=1S/C13H12N2O3/c1-8-7-9(5-6-14-8)15-13(18)12-10(16)3-2-4-11(12)17/h2-7,16-17H,1H3,(H,14,15,18). The van der Waals surface area contributed by atoms with Crippen molar-refractivity contribution in [2.45, 2.75) is 6.92 Å². The Morgan fingerprint density at radius 1 is 1.22 bits per heavy atom. The van der Waals surface area contributed by atoms with Crippen molar-refractivity contribution >= 4 is 11.6 Å². The van der Waals surface area contributed by atoms with Crippen LogP contribution in [0.25, 0.3) is 0 Å². The van der Waals surface area contributed by atoms with Crippen molar-refractivity contribution in [3.05, 3.63) is 47.8 Å². The molecule has 1 heterocycles. The van der Waals surface area contributed by atoms with Crippen molar-refractivity contribution in [3.63, 3.8) is 0 Å². The maximum absolute atomic E-state index is 11.9. The monoisotopic (exact) mass is 244 g/mol. The van der Waals surface area contributed by atoms with Crippen LogP contribution in [0.2, 0.25) is 0 Å². The fourth-order valence-corrected chi connectivity index (χ4v) is 1.58. The number of rotatable bonds is 2. The molecule has 0 fully saturated rings. The van der Waals surface area contributed by atoms with Crippen molar-refractivity contribution in [1.29, 1.82) is 0 Å². The number of hydrogen-bond donors (Lipinski definition) is 3. The Morgan fingerprint density at radius 2 is 1.89 bits per heavy atom. The SMILES string of the molecule is Cc1cc(NC(=O)c2c(O)cccc2O)ccn1. The summed E-state index contributed by atoms with van der Waals surface area (Å²) in [7, 11) is 0. The van der Waals surface area contributed by atoms with E-state index in [2.05, 4.69) is 10.3 Å². The Labute approximate surface area is 104 Å². The van der Waals surface area contributed by atoms with Gasteiger partial charge in [0.2, 0.25) is 0 Å². The first-order valence-corrected chi connectivity index (χ1v) is 5.33. The minimum absolute atomic E-state index is 0.146. The number of carbonyl (C=O) groups is 1. The van der Waals surface area contributed by atoms with Crippen LogP contribution in [0, 0.1) is 6.92 Å². The van der Waals surface area contributed by atoms with Gasteiger partial charge in [-0.05, 0) is 31.2 Å². The summed E-state index contributed by atoms with van der Waals surface area (Å²) in [4.78, 5) is 15.9. The lowest BCUT2D eigenvalue weighted by atomic mass is 10.1. The highest BCUT2D eigenvalue weighted by molar-refractivity contribution is 6.08. The lowest BCUT2D eigenvalue weighted by Gasteiger charge is -2.08. The highest BCUT2D eigenvalue weighted by Gasteiger charge is 2.15. The van der Waals surface area contributed by atoms with E-state index in [1.54, 1.807) is 25.3 Å². The van der Waals surface area contributed by atoms with E-state index in [0.29, 0.717) is 5.69 Å². The second-order valence-electron chi connectivity index (χ2n) is 3.81. The van der Waals surface area contributed by atoms with Crippen molar-refractivity contribution in [3.8, 4) is 11.5 Å². The predicted molar refractivity (Wildman–Crippen MR) is 66.7 cm³/mol. The first-order chi connectivity index (χ1) is 8.58. The van der Waals surface area contributed by atoms with Gasteiger partial charge in [-0.2, -0.15) is 0 Å². The molecule has 18 heavy (non-hydrogen) atoms. The molecule has 0 bridgehead atoms. The number of aromatic hydroxyl groups is 2. The van der Waals surface area contributed by atoms with E-state index in [-0.39, 0.29) is 17.1 Å². The molecular formula is C13H12N2O3. The lowest BCUT2D eigenvalue weighted by Crippen LogP contribution is -2.12. The molecule has 1 aromatic heterocycles. The van der Waals surface area contributed by atoms with Gasteiger partial charge >= 0.3 is 0 Å². The van der Waals surface area contributed by atoms with Crippen LogP contribution in [0.3, 0.4) is 0 Å². The van der Waals surface area contributed by atoms with Crippen LogP contribution in [0.1, 0.15) is 16.1 Å². The Bertz CT molecular complexity index is 576. The maximum Gasteiger partial charge on any atom is 0.263 e. The number of phenols is 2. The minimum Gasteiger partial charge on any atom is -0.507 e. The van der Waals surface area contributed by atoms with Gasteiger partial charge in [-0.3, -0.25) is 9.78 Å². The number of benzene rings is 1. The van der Waals surface area contributed by atoms with E-state index < -0.39 is 5.91 Å². The van der Waals surface area contributed by atoms with Crippen LogP contribution >= 0.6 is 0 Å². The molecule has 5 heteroatoms. The maximum atomic E-state index is 11.9. The fraction of sp³-hybridized carbons (Fsp3) is 0.0769. The molecule has 0 aliphatic heterocycles. The quantitative estimate of drug-likeness (QED) is 0.755. The minimum atomic E-state index is -0.573. The molecule has 0 saturated heterocycles. The van der Waals surface area contributed by atoms with Gasteiger partial charge in [-0.1, -0.05) is 6.07 Å². The molecule has 1 amide bonds. The van der Waals surface area contributed by atoms with Crippen molar-refractivity contribution in [2.24, 2.45) is 0 Å². The Balaban J connectivity index is 2.28. The number of nitrogens with one attached hydrogen (secondary N) is 1. The van der Waals surface area contributed by atoms with E-state index in [9.17, 15) is 15.0 Å². The summed E-state index contributed by atoms with van der Waals surface area (Å²) in [5, 5.41) is 21.7. The Morgan fingerprint density at radius 3 is 2.50 bits per heavy atom. The van der Waals surface area contributed by atoms with Gasteiger partial charge in [0.15, 0.2) is 0 Å². The smallest absolute Gasteiger partial charge is 0.263 e. The van der Waals surface area contributed by atoms with Crippen LogP contribution in [-0.2, 0) is 0 Å². The molecule has 0 spiro atoms. The molecule has 3 N–H and O–H groups in total. The van der Waals surface area contributed by atoms with Gasteiger partial charge in [0.05, 0.1) is 0 Å². The van der Waals surface area contributed by atoms with Gasteiger partial charge in [0.1, 0.15) is 17.1 Å². The number of nitrogens with zero attached hydrogens (tertiary/aromatic N) is 1. The van der Waals surface area contributed by atoms with Gasteiger partial charge in [-0.25, -0.2) is 0 Å². The lowest BCUT2D eigenvalue weighted by molar-refractivity contribution is 0.102. The predicted octanol–water partition coefficient (Wildman–Crippen LogP) is 2.05. The van der Waals surface area contributed by atoms with Gasteiger partial charge in [-0.15, -0.1) is 0 Å². The third kappa shape index (κ3) is 2.40. The Hall–Kier alpha value is -2.56. The number of amides is 1. The summed E-state index contributed by atoms with van der Waals surface area (Å²) in [5.41, 5.74) is 1.16. The van der Waals surface area contributed by atoms with E-state index >= 15 is 0 Å². The van der Waals surface area contributed by atoms with Crippen LogP contribution < -0.4 is 5.32 Å². The average molecular weight is 244 g/mol. The molecule has 0 atom stereocenters. The summed E-state index contributed by atoms with van der Waals surface area (Å²) in [6, 6.07) is 7.45. The number of hydrogen-bond acceptors (Lipinski definition) is 4. The largest absolute Gasteiger partial charge is 0.507 e. The topological polar surface area (TPSA) is 82.5 Å². The normalized spacial score (nSPS) is 10.1. The molecule has 0 aliphatic rings. The molecule has 0 radical (unpaired) electrons. The van der Waals surface area contributed by atoms with Crippen LogP contribution in [0.5, 0.6) is 11.5 Å². The molecule has 0 saturated carbocycles. The second-order valence-corrected chi connectivity index (χ2v) is 3.81. The summed E-state index contributed by atoms with van der Waals surface area (Å²) in [5.74, 6) is -1.10. The number of aryl methyl sites for hydroxylation is 1. The molecule has 2 aromatic rings. The molecule has 5 nitrogen and oxygen atoms in total. The van der Waals surface area contributed by atoms with Gasteiger partial charge in [0.25, 0.3) is 5.91 Å². The van der Waals surface area contributed by atoms with Crippen molar-refractivity contribution in [2.75, 3.05) is 5.32 Å². The average Bonchev–Trinajstić information content (AvgIpc) is 2.28. The fourth-order valence-electron chi connectivity index (χ4n) is 1.58. The molecule has 1 aromatic carbocycles. The van der Waals surface area contributed by atoms with Crippen LogP contribution in [0.15, 0.2) is 36.5 Å². The summed E-state index contributed by atoms with van der Waals surface area (Å²) < 4.78 is 0. The third-order valence-electron chi connectivity index (χ3n) is 2.40. The van der Waals surface area contributed by atoms with E-state index in [1.807, 2.05) is 0 Å². The Kier molecular flexibility index (Phi) is 3.14. The van der Waals surface area contributed by atoms with E-state index in [1.165, 1.54) is 18.2 Å². The zero-order chi connectivity index (χ0) is 13.1. The number of phenolic OH excluding ortho intramolecular Hbond substituents is 2. The molecule has 2 rings (SSSR count). The number of pyridine rings is 1. The first kappa shape index (κ1) is 11.9. The highest BCUT2D eigenvalue weighted by Crippen LogP contribution is 2.27. The second kappa shape index (κ2) is 4.75. The van der Waals surface area contributed by atoms with Crippen LogP contribution in [0.4, 0.5) is 5.69 Å². The van der Waals surface area contributed by atoms with E-state index in [0.717, 1.165) is 5.69 Å². The van der Waals surface area contributed by atoms with Crippen LogP contribution in [-0.4, -0.2) is 21.1 Å². The number of aromatic nitrogens is 1. The highest BCUT2D eigenvalue weighted by atomic mass is 16.3. The summed E-state index contributed by atoms with van der Waals surface area (Å²) in [6.07, 6.45) is 1.57. The third-order valence-corrected chi connectivity index (χ3v) is 2.40. The summed E-state index contributed by atoms with van der Waals surface area (Å²) in [6.45, 7) is 1.80. The zero-order valence-corrected chi connectivity index (χ0v) is 9.71. The first-order valence-electron chi connectivity index (χ1n) is 5.33. The number of carbonyl (C=O) groups excluding carboxylic acids is 1. The van der Waals surface area contributed by atoms with Gasteiger partial charge in [0, 0.05) is 17.6 Å². The molecular weight excluding hydrogens is 232 g/mol.